The fourth-order valence-electron chi connectivity index (χ4n) is 2.28. The van der Waals surface area contributed by atoms with Gasteiger partial charge < -0.3 is 0 Å². The molecule has 1 fully saturated rings. The molecule has 0 spiro atoms. The van der Waals surface area contributed by atoms with E-state index in [1.54, 1.807) is 0 Å². The molecule has 1 heterocycles. The average molecular weight is 190 g/mol. The zero-order chi connectivity index (χ0) is 10.0. The number of hydrogen-bond acceptors (Lipinski definition) is 1. The van der Waals surface area contributed by atoms with Crippen LogP contribution < -0.4 is 0 Å². The molecule has 1 saturated carbocycles. The second-order valence-electron chi connectivity index (χ2n) is 4.48. The van der Waals surface area contributed by atoms with Crippen molar-refractivity contribution >= 4 is 6.08 Å². The maximum absolute atomic E-state index is 4.43. The van der Waals surface area contributed by atoms with Crippen molar-refractivity contribution in [1.82, 2.24) is 9.78 Å². The molecule has 2 heteroatoms. The summed E-state index contributed by atoms with van der Waals surface area (Å²) < 4.78 is 2.13. The molecule has 0 atom stereocenters. The van der Waals surface area contributed by atoms with E-state index >= 15 is 0 Å². The average Bonchev–Trinajstić information content (AvgIpc) is 2.67. The van der Waals surface area contributed by atoms with Gasteiger partial charge in [0, 0.05) is 11.8 Å². The van der Waals surface area contributed by atoms with Gasteiger partial charge in [-0.2, -0.15) is 5.10 Å². The third-order valence-electron chi connectivity index (χ3n) is 3.32. The molecule has 1 aliphatic rings. The fourth-order valence-corrected chi connectivity index (χ4v) is 2.28. The zero-order valence-corrected chi connectivity index (χ0v) is 8.87. The largest absolute Gasteiger partial charge is 0.266 e. The molecule has 0 aromatic carbocycles. The first kappa shape index (κ1) is 9.50. The highest BCUT2D eigenvalue weighted by Crippen LogP contribution is 2.33. The van der Waals surface area contributed by atoms with Crippen LogP contribution in [0, 0.1) is 0 Å². The lowest BCUT2D eigenvalue weighted by molar-refractivity contribution is 0.198. The molecule has 1 aromatic rings. The molecule has 2 rings (SSSR count). The van der Waals surface area contributed by atoms with E-state index in [1.165, 1.54) is 32.1 Å². The quantitative estimate of drug-likeness (QED) is 0.700. The van der Waals surface area contributed by atoms with E-state index < -0.39 is 0 Å². The Morgan fingerprint density at radius 2 is 2.14 bits per heavy atom. The minimum atomic E-state index is 0.250. The topological polar surface area (TPSA) is 17.8 Å². The Balaban J connectivity index is 2.23. The van der Waals surface area contributed by atoms with Gasteiger partial charge in [0.15, 0.2) is 0 Å². The highest BCUT2D eigenvalue weighted by Gasteiger charge is 2.28. The lowest BCUT2D eigenvalue weighted by Gasteiger charge is -2.33. The summed E-state index contributed by atoms with van der Waals surface area (Å²) >= 11 is 0. The van der Waals surface area contributed by atoms with Gasteiger partial charge in [0.05, 0.1) is 11.7 Å². The Hall–Kier alpha value is -1.05. The van der Waals surface area contributed by atoms with Crippen molar-refractivity contribution < 1.29 is 0 Å². The van der Waals surface area contributed by atoms with Crippen LogP contribution in [0.5, 0.6) is 0 Å². The van der Waals surface area contributed by atoms with Gasteiger partial charge in [-0.1, -0.05) is 31.9 Å². The third kappa shape index (κ3) is 1.61. The Morgan fingerprint density at radius 1 is 1.43 bits per heavy atom. The van der Waals surface area contributed by atoms with Crippen LogP contribution in [-0.4, -0.2) is 9.78 Å². The van der Waals surface area contributed by atoms with Crippen molar-refractivity contribution in [3.8, 4) is 0 Å². The van der Waals surface area contributed by atoms with E-state index in [1.807, 2.05) is 12.3 Å². The second kappa shape index (κ2) is 3.60. The first-order valence-electron chi connectivity index (χ1n) is 5.42. The fraction of sp³-hybridized carbons (Fsp3) is 0.583. The Bertz CT molecular complexity index is 319. The molecule has 0 saturated heterocycles. The molecule has 0 unspecified atom stereocenters. The van der Waals surface area contributed by atoms with E-state index in [-0.39, 0.29) is 5.54 Å². The molecular weight excluding hydrogens is 172 g/mol. The molecular formula is C12H18N2. The van der Waals surface area contributed by atoms with E-state index in [2.05, 4.69) is 29.5 Å². The zero-order valence-electron chi connectivity index (χ0n) is 8.87. The van der Waals surface area contributed by atoms with Crippen LogP contribution in [0.1, 0.15) is 44.6 Å². The van der Waals surface area contributed by atoms with Crippen molar-refractivity contribution in [3.63, 3.8) is 0 Å². The van der Waals surface area contributed by atoms with Crippen LogP contribution in [0.2, 0.25) is 0 Å². The molecule has 0 amide bonds. The molecule has 1 aliphatic carbocycles. The first-order valence-corrected chi connectivity index (χ1v) is 5.42. The second-order valence-corrected chi connectivity index (χ2v) is 4.48. The highest BCUT2D eigenvalue weighted by atomic mass is 15.3. The van der Waals surface area contributed by atoms with Gasteiger partial charge in [0.25, 0.3) is 0 Å². The minimum Gasteiger partial charge on any atom is -0.266 e. The summed E-state index contributed by atoms with van der Waals surface area (Å²) in [6.07, 6.45) is 12.4. The Morgan fingerprint density at radius 3 is 2.71 bits per heavy atom. The van der Waals surface area contributed by atoms with Crippen LogP contribution in [0.15, 0.2) is 19.0 Å². The smallest absolute Gasteiger partial charge is 0.0599 e. The van der Waals surface area contributed by atoms with Gasteiger partial charge >= 0.3 is 0 Å². The van der Waals surface area contributed by atoms with Crippen molar-refractivity contribution in [2.24, 2.45) is 0 Å². The summed E-state index contributed by atoms with van der Waals surface area (Å²) in [5.41, 5.74) is 1.37. The summed E-state index contributed by atoms with van der Waals surface area (Å²) in [6, 6.07) is 0. The maximum Gasteiger partial charge on any atom is 0.0599 e. The summed E-state index contributed by atoms with van der Waals surface area (Å²) in [7, 11) is 0. The molecule has 0 bridgehead atoms. The third-order valence-corrected chi connectivity index (χ3v) is 3.32. The van der Waals surface area contributed by atoms with Gasteiger partial charge in [-0.3, -0.25) is 4.68 Å². The summed E-state index contributed by atoms with van der Waals surface area (Å²) in [5.74, 6) is 0. The maximum atomic E-state index is 4.43. The van der Waals surface area contributed by atoms with Crippen molar-refractivity contribution in [3.05, 3.63) is 24.5 Å². The van der Waals surface area contributed by atoms with E-state index in [0.717, 1.165) is 5.56 Å². The minimum absolute atomic E-state index is 0.250. The molecule has 14 heavy (non-hydrogen) atoms. The lowest BCUT2D eigenvalue weighted by Crippen LogP contribution is -2.32. The van der Waals surface area contributed by atoms with Crippen molar-refractivity contribution in [1.29, 1.82) is 0 Å². The van der Waals surface area contributed by atoms with Gasteiger partial charge in [0.1, 0.15) is 0 Å². The Kier molecular flexibility index (Phi) is 2.44. The molecule has 0 N–H and O–H groups in total. The van der Waals surface area contributed by atoms with Crippen molar-refractivity contribution in [2.75, 3.05) is 0 Å². The molecule has 1 aromatic heterocycles. The summed E-state index contributed by atoms with van der Waals surface area (Å²) in [5, 5.41) is 4.43. The predicted octanol–water partition coefficient (Wildman–Crippen LogP) is 3.21. The Labute approximate surface area is 85.6 Å². The predicted molar refractivity (Wildman–Crippen MR) is 59.1 cm³/mol. The number of hydrogen-bond donors (Lipinski definition) is 0. The lowest BCUT2D eigenvalue weighted by atomic mass is 9.83. The number of nitrogens with zero attached hydrogens (tertiary/aromatic N) is 2. The van der Waals surface area contributed by atoms with Crippen LogP contribution in [0.4, 0.5) is 0 Å². The normalized spacial score (nSPS) is 20.6. The summed E-state index contributed by atoms with van der Waals surface area (Å²) in [6.45, 7) is 6.07. The van der Waals surface area contributed by atoms with Crippen LogP contribution in [0.25, 0.3) is 6.08 Å². The highest BCUT2D eigenvalue weighted by molar-refractivity contribution is 5.43. The van der Waals surface area contributed by atoms with Crippen molar-refractivity contribution in [2.45, 2.75) is 44.6 Å². The first-order chi connectivity index (χ1) is 6.74. The van der Waals surface area contributed by atoms with Crippen LogP contribution in [0.3, 0.4) is 0 Å². The van der Waals surface area contributed by atoms with E-state index in [9.17, 15) is 0 Å². The number of rotatable bonds is 2. The van der Waals surface area contributed by atoms with Crippen LogP contribution in [-0.2, 0) is 5.54 Å². The molecule has 2 nitrogen and oxygen atoms in total. The van der Waals surface area contributed by atoms with Gasteiger partial charge in [0.2, 0.25) is 0 Å². The molecule has 0 radical (unpaired) electrons. The van der Waals surface area contributed by atoms with E-state index in [4.69, 9.17) is 0 Å². The van der Waals surface area contributed by atoms with Crippen LogP contribution >= 0.6 is 0 Å². The SMILES string of the molecule is C=Cc1cnn(C2(C)CCCCC2)c1. The van der Waals surface area contributed by atoms with E-state index in [0.29, 0.717) is 0 Å². The van der Waals surface area contributed by atoms with Gasteiger partial charge in [-0.15, -0.1) is 0 Å². The van der Waals surface area contributed by atoms with Gasteiger partial charge in [-0.25, -0.2) is 0 Å². The summed E-state index contributed by atoms with van der Waals surface area (Å²) in [4.78, 5) is 0. The number of aromatic nitrogens is 2. The molecule has 76 valence electrons. The standard InChI is InChI=1S/C12H18N2/c1-3-11-9-13-14(10-11)12(2)7-5-4-6-8-12/h3,9-10H,1,4-8H2,2H3. The molecule has 0 aliphatic heterocycles. The van der Waals surface area contributed by atoms with Gasteiger partial charge in [-0.05, 0) is 19.8 Å². The monoisotopic (exact) mass is 190 g/mol.